The number of hydrogen-bond donors (Lipinski definition) is 2. The highest BCUT2D eigenvalue weighted by atomic mass is 35.5. The molecule has 1 aliphatic rings. The van der Waals surface area contributed by atoms with Gasteiger partial charge >= 0.3 is 0 Å². The molecule has 0 aromatic carbocycles. The zero-order valence-corrected chi connectivity index (χ0v) is 10.5. The second-order valence-electron chi connectivity index (χ2n) is 5.06. The van der Waals surface area contributed by atoms with Gasteiger partial charge in [0, 0.05) is 17.7 Å². The van der Waals surface area contributed by atoms with Crippen molar-refractivity contribution >= 4 is 17.3 Å². The van der Waals surface area contributed by atoms with Crippen molar-refractivity contribution in [3.8, 4) is 0 Å². The summed E-state index contributed by atoms with van der Waals surface area (Å²) in [5.41, 5.74) is 1.86. The number of anilines is 1. The van der Waals surface area contributed by atoms with Crippen LogP contribution in [-0.2, 0) is 0 Å². The van der Waals surface area contributed by atoms with Crippen molar-refractivity contribution in [2.45, 2.75) is 39.3 Å². The largest absolute Gasteiger partial charge is 0.392 e. The molecule has 0 bridgehead atoms. The highest BCUT2D eigenvalue weighted by molar-refractivity contribution is 6.32. The summed E-state index contributed by atoms with van der Waals surface area (Å²) in [5.74, 6) is 0. The Morgan fingerprint density at radius 3 is 2.75 bits per heavy atom. The minimum absolute atomic E-state index is 0.106. The third-order valence-electron chi connectivity index (χ3n) is 3.65. The highest BCUT2D eigenvalue weighted by Crippen LogP contribution is 2.43. The van der Waals surface area contributed by atoms with Gasteiger partial charge in [0.2, 0.25) is 0 Å². The second-order valence-corrected chi connectivity index (χ2v) is 5.42. The Morgan fingerprint density at radius 2 is 2.25 bits per heavy atom. The van der Waals surface area contributed by atoms with Crippen LogP contribution in [0.15, 0.2) is 12.3 Å². The number of aromatic nitrogens is 1. The normalized spacial score (nSPS) is 27.3. The zero-order valence-electron chi connectivity index (χ0n) is 9.79. The van der Waals surface area contributed by atoms with Crippen molar-refractivity contribution in [1.29, 1.82) is 0 Å². The van der Waals surface area contributed by atoms with Crippen LogP contribution in [0.2, 0.25) is 5.15 Å². The number of aryl methyl sites for hydroxylation is 1. The van der Waals surface area contributed by atoms with Gasteiger partial charge in [-0.3, -0.25) is 0 Å². The van der Waals surface area contributed by atoms with Gasteiger partial charge in [0.15, 0.2) is 5.15 Å². The molecule has 0 amide bonds. The smallest absolute Gasteiger partial charge is 0.152 e. The Hall–Kier alpha value is -0.800. The summed E-state index contributed by atoms with van der Waals surface area (Å²) < 4.78 is 0. The molecule has 1 heterocycles. The summed E-state index contributed by atoms with van der Waals surface area (Å²) >= 11 is 6.05. The summed E-state index contributed by atoms with van der Waals surface area (Å²) in [6.07, 6.45) is 2.22. The Bertz CT molecular complexity index is 386. The maximum absolute atomic E-state index is 9.67. The van der Waals surface area contributed by atoms with Crippen molar-refractivity contribution in [3.05, 3.63) is 23.0 Å². The maximum Gasteiger partial charge on any atom is 0.152 e. The maximum atomic E-state index is 9.67. The number of pyridine rings is 1. The van der Waals surface area contributed by atoms with E-state index in [-0.39, 0.29) is 17.6 Å². The average molecular weight is 241 g/mol. The van der Waals surface area contributed by atoms with Crippen LogP contribution in [0.5, 0.6) is 0 Å². The van der Waals surface area contributed by atoms with E-state index in [4.69, 9.17) is 11.6 Å². The quantitative estimate of drug-likeness (QED) is 0.782. The van der Waals surface area contributed by atoms with Crippen LogP contribution in [0, 0.1) is 12.3 Å². The van der Waals surface area contributed by atoms with Crippen LogP contribution in [0.25, 0.3) is 0 Å². The van der Waals surface area contributed by atoms with Gasteiger partial charge in [-0.25, -0.2) is 4.98 Å². The molecule has 0 saturated heterocycles. The molecule has 16 heavy (non-hydrogen) atoms. The van der Waals surface area contributed by atoms with Gasteiger partial charge in [0.25, 0.3) is 0 Å². The molecule has 0 spiro atoms. The van der Waals surface area contributed by atoms with Crippen LogP contribution in [0.1, 0.15) is 25.8 Å². The van der Waals surface area contributed by atoms with Crippen LogP contribution in [0.4, 0.5) is 5.69 Å². The number of rotatable bonds is 2. The SMILES string of the molecule is Cc1ccnc(Cl)c1NC1CC(O)C1(C)C. The van der Waals surface area contributed by atoms with Crippen LogP contribution in [-0.4, -0.2) is 22.2 Å². The van der Waals surface area contributed by atoms with Crippen LogP contribution < -0.4 is 5.32 Å². The first kappa shape index (κ1) is 11.7. The number of halogens is 1. The van der Waals surface area contributed by atoms with E-state index >= 15 is 0 Å². The molecular weight excluding hydrogens is 224 g/mol. The Kier molecular flexibility index (Phi) is 2.84. The van der Waals surface area contributed by atoms with Gasteiger partial charge in [-0.05, 0) is 25.0 Å². The third kappa shape index (κ3) is 1.78. The summed E-state index contributed by atoms with van der Waals surface area (Å²) in [7, 11) is 0. The fraction of sp³-hybridized carbons (Fsp3) is 0.583. The summed E-state index contributed by atoms with van der Waals surface area (Å²) in [6.45, 7) is 6.11. The lowest BCUT2D eigenvalue weighted by molar-refractivity contribution is -0.0510. The monoisotopic (exact) mass is 240 g/mol. The van der Waals surface area contributed by atoms with Gasteiger partial charge < -0.3 is 10.4 Å². The molecule has 1 aromatic rings. The third-order valence-corrected chi connectivity index (χ3v) is 3.93. The van der Waals surface area contributed by atoms with Gasteiger partial charge in [-0.2, -0.15) is 0 Å². The molecule has 2 unspecified atom stereocenters. The van der Waals surface area contributed by atoms with Crippen LogP contribution in [0.3, 0.4) is 0 Å². The second kappa shape index (κ2) is 3.90. The van der Waals surface area contributed by atoms with Crippen molar-refractivity contribution in [3.63, 3.8) is 0 Å². The lowest BCUT2D eigenvalue weighted by Gasteiger charge is -2.50. The Labute approximate surface area is 101 Å². The van der Waals surface area contributed by atoms with E-state index in [0.29, 0.717) is 5.15 Å². The number of nitrogens with one attached hydrogen (secondary N) is 1. The summed E-state index contributed by atoms with van der Waals surface area (Å²) in [5, 5.41) is 13.6. The predicted octanol–water partition coefficient (Wildman–Crippen LogP) is 2.61. The molecule has 88 valence electrons. The van der Waals surface area contributed by atoms with E-state index < -0.39 is 0 Å². The summed E-state index contributed by atoms with van der Waals surface area (Å²) in [6, 6.07) is 2.18. The fourth-order valence-electron chi connectivity index (χ4n) is 2.02. The fourth-order valence-corrected chi connectivity index (χ4v) is 2.28. The lowest BCUT2D eigenvalue weighted by atomic mass is 9.64. The molecule has 0 aliphatic heterocycles. The molecule has 1 fully saturated rings. The lowest BCUT2D eigenvalue weighted by Crippen LogP contribution is -2.57. The molecule has 2 rings (SSSR count). The summed E-state index contributed by atoms with van der Waals surface area (Å²) in [4.78, 5) is 4.06. The van der Waals surface area contributed by atoms with E-state index in [2.05, 4.69) is 24.1 Å². The zero-order chi connectivity index (χ0) is 11.9. The molecular formula is C12H17ClN2O. The Morgan fingerprint density at radius 1 is 1.56 bits per heavy atom. The number of hydrogen-bond acceptors (Lipinski definition) is 3. The molecule has 0 radical (unpaired) electrons. The minimum atomic E-state index is -0.235. The van der Waals surface area contributed by atoms with E-state index in [9.17, 15) is 5.11 Å². The first-order chi connectivity index (χ1) is 7.43. The predicted molar refractivity (Wildman–Crippen MR) is 65.8 cm³/mol. The van der Waals surface area contributed by atoms with Crippen LogP contribution >= 0.6 is 11.6 Å². The van der Waals surface area contributed by atoms with E-state index in [0.717, 1.165) is 17.7 Å². The highest BCUT2D eigenvalue weighted by Gasteiger charge is 2.47. The molecule has 2 N–H and O–H groups in total. The van der Waals surface area contributed by atoms with Crippen molar-refractivity contribution < 1.29 is 5.11 Å². The van der Waals surface area contributed by atoms with E-state index in [1.165, 1.54) is 0 Å². The number of aliphatic hydroxyl groups excluding tert-OH is 1. The number of nitrogens with zero attached hydrogens (tertiary/aromatic N) is 1. The molecule has 1 saturated carbocycles. The van der Waals surface area contributed by atoms with E-state index in [1.54, 1.807) is 6.20 Å². The van der Waals surface area contributed by atoms with Gasteiger partial charge in [0.05, 0.1) is 11.8 Å². The minimum Gasteiger partial charge on any atom is -0.392 e. The topological polar surface area (TPSA) is 45.2 Å². The standard InChI is InChI=1S/C12H17ClN2O/c1-7-4-5-14-11(13)10(7)15-8-6-9(16)12(8,2)3/h4-5,8-9,15-16H,6H2,1-3H3. The molecule has 4 heteroatoms. The number of aliphatic hydroxyl groups is 1. The van der Waals surface area contributed by atoms with Crippen molar-refractivity contribution in [2.24, 2.45) is 5.41 Å². The van der Waals surface area contributed by atoms with Gasteiger partial charge in [-0.1, -0.05) is 25.4 Å². The Balaban J connectivity index is 2.17. The average Bonchev–Trinajstić information content (AvgIpc) is 2.22. The van der Waals surface area contributed by atoms with Crippen molar-refractivity contribution in [1.82, 2.24) is 4.98 Å². The van der Waals surface area contributed by atoms with Gasteiger partial charge in [0.1, 0.15) is 0 Å². The van der Waals surface area contributed by atoms with Gasteiger partial charge in [-0.15, -0.1) is 0 Å². The molecule has 1 aromatic heterocycles. The molecule has 3 nitrogen and oxygen atoms in total. The first-order valence-electron chi connectivity index (χ1n) is 5.48. The molecule has 1 aliphatic carbocycles. The van der Waals surface area contributed by atoms with E-state index in [1.807, 2.05) is 13.0 Å². The van der Waals surface area contributed by atoms with Crippen molar-refractivity contribution in [2.75, 3.05) is 5.32 Å². The molecule has 2 atom stereocenters. The first-order valence-corrected chi connectivity index (χ1v) is 5.86.